The first-order valence-electron chi connectivity index (χ1n) is 1.98. The lowest BCUT2D eigenvalue weighted by molar-refractivity contribution is 0.275. The van der Waals surface area contributed by atoms with Crippen LogP contribution in [0.4, 0.5) is 0 Å². The Morgan fingerprint density at radius 3 is 1.18 bits per heavy atom. The van der Waals surface area contributed by atoms with Gasteiger partial charge in [0.25, 0.3) is 0 Å². The molecule has 11 heteroatoms. The molecule has 1 aromatic rings. The molecule has 11 heavy (non-hydrogen) atoms. The van der Waals surface area contributed by atoms with Crippen LogP contribution in [0.5, 0.6) is 0 Å². The van der Waals surface area contributed by atoms with Gasteiger partial charge in [0.1, 0.15) is 0 Å². The third-order valence-electron chi connectivity index (χ3n) is 0.240. The fourth-order valence-electron chi connectivity index (χ4n) is 0.107. The molecule has 1 rings (SSSR count). The van der Waals surface area contributed by atoms with E-state index in [9.17, 15) is 0 Å². The van der Waals surface area contributed by atoms with E-state index in [4.69, 9.17) is 19.2 Å². The molecule has 0 amide bonds. The van der Waals surface area contributed by atoms with E-state index in [1.165, 1.54) is 0 Å². The van der Waals surface area contributed by atoms with Gasteiger partial charge in [-0.05, 0) is 0 Å². The standard InChI is InChI=1S/N3P3.H3O4P/c1-4-2-6-3-5-1;1-5(2,3)4/h;(H3,1,2,3,4). The van der Waals surface area contributed by atoms with E-state index >= 15 is 0 Å². The van der Waals surface area contributed by atoms with Crippen LogP contribution in [0, 0.1) is 0 Å². The molecule has 0 atom stereocenters. The van der Waals surface area contributed by atoms with E-state index in [2.05, 4.69) is 13.5 Å². The molecule has 1 aromatic heterocycles. The monoisotopic (exact) mass is 233 g/mol. The number of rotatable bonds is 0. The van der Waals surface area contributed by atoms with Gasteiger partial charge in [0.15, 0.2) is 25.5 Å². The summed E-state index contributed by atoms with van der Waals surface area (Å²) < 4.78 is 20.2. The van der Waals surface area contributed by atoms with Crippen molar-refractivity contribution in [3.05, 3.63) is 0 Å². The van der Waals surface area contributed by atoms with Crippen molar-refractivity contribution in [3.63, 3.8) is 0 Å². The van der Waals surface area contributed by atoms with Crippen molar-refractivity contribution in [1.29, 1.82) is 0 Å². The molecule has 62 valence electrons. The third-order valence-corrected chi connectivity index (χ3v) is 2.16. The van der Waals surface area contributed by atoms with E-state index in [1.54, 1.807) is 0 Å². The van der Waals surface area contributed by atoms with Gasteiger partial charge in [0, 0.05) is 0 Å². The van der Waals surface area contributed by atoms with Crippen molar-refractivity contribution in [3.8, 4) is 0 Å². The van der Waals surface area contributed by atoms with Crippen molar-refractivity contribution >= 4 is 33.4 Å². The largest absolute Gasteiger partial charge is 0.466 e. The number of hydrogen-bond donors (Lipinski definition) is 3. The van der Waals surface area contributed by atoms with Crippen LogP contribution < -0.4 is 0 Å². The van der Waals surface area contributed by atoms with Gasteiger partial charge < -0.3 is 14.7 Å². The fourth-order valence-corrected chi connectivity index (χ4v) is 1.93. The zero-order valence-corrected chi connectivity index (χ0v) is 8.46. The average molecular weight is 233 g/mol. The summed E-state index contributed by atoms with van der Waals surface area (Å²) in [6.45, 7) is 0. The molecule has 0 radical (unpaired) electrons. The molecule has 0 aliphatic rings. The summed E-state index contributed by atoms with van der Waals surface area (Å²) in [5, 5.41) is 0. The Kier molecular flexibility index (Phi) is 6.21. The molecule has 0 fully saturated rings. The van der Waals surface area contributed by atoms with Crippen molar-refractivity contribution in [2.24, 2.45) is 0 Å². The Morgan fingerprint density at radius 2 is 1.09 bits per heavy atom. The predicted molar refractivity (Wildman–Crippen MR) is 41.6 cm³/mol. The molecule has 0 saturated carbocycles. The van der Waals surface area contributed by atoms with Gasteiger partial charge in [0.2, 0.25) is 0 Å². The molecular formula is H3N3O4P4. The van der Waals surface area contributed by atoms with Gasteiger partial charge >= 0.3 is 7.82 Å². The zero-order valence-electron chi connectivity index (χ0n) is 4.88. The summed E-state index contributed by atoms with van der Waals surface area (Å²) in [5.74, 6) is 0. The summed E-state index contributed by atoms with van der Waals surface area (Å²) in [4.78, 5) is 21.6. The van der Waals surface area contributed by atoms with E-state index in [-0.39, 0.29) is 0 Å². The van der Waals surface area contributed by atoms with Crippen LogP contribution in [0.1, 0.15) is 0 Å². The van der Waals surface area contributed by atoms with Crippen LogP contribution >= 0.6 is 33.4 Å². The van der Waals surface area contributed by atoms with Crippen LogP contribution in [0.15, 0.2) is 0 Å². The van der Waals surface area contributed by atoms with Crippen LogP contribution in [-0.2, 0) is 4.57 Å². The molecule has 0 spiro atoms. The molecule has 3 N–H and O–H groups in total. The Bertz CT molecular complexity index is 185. The van der Waals surface area contributed by atoms with E-state index in [0.29, 0.717) is 0 Å². The molecule has 0 aliphatic heterocycles. The summed E-state index contributed by atoms with van der Waals surface area (Å²) in [5.41, 5.74) is 0. The quantitative estimate of drug-likeness (QED) is 0.564. The Hall–Kier alpha value is 0.410. The molecule has 0 aromatic carbocycles. The highest BCUT2D eigenvalue weighted by molar-refractivity contribution is 7.45. The molecular weight excluding hydrogens is 230 g/mol. The molecule has 0 aliphatic carbocycles. The Balaban J connectivity index is 0.000000187. The minimum absolute atomic E-state index is 0.830. The van der Waals surface area contributed by atoms with Crippen LogP contribution in [0.2, 0.25) is 0 Å². The molecule has 0 unspecified atom stereocenters. The highest BCUT2D eigenvalue weighted by Crippen LogP contribution is 2.25. The van der Waals surface area contributed by atoms with E-state index in [0.717, 1.165) is 25.5 Å². The maximum atomic E-state index is 8.88. The lowest BCUT2D eigenvalue weighted by Crippen LogP contribution is -1.66. The van der Waals surface area contributed by atoms with Gasteiger partial charge in [-0.2, -0.15) is 13.5 Å². The van der Waals surface area contributed by atoms with Crippen molar-refractivity contribution in [2.45, 2.75) is 0 Å². The number of nitrogens with zero attached hydrogens (tertiary/aromatic N) is 3. The first kappa shape index (κ1) is 11.4. The summed E-state index contributed by atoms with van der Waals surface area (Å²) in [6.07, 6.45) is 0. The highest BCUT2D eigenvalue weighted by Gasteiger charge is 2.00. The maximum absolute atomic E-state index is 8.88. The second-order valence-corrected chi connectivity index (χ2v) is 4.76. The number of aromatic nitrogens is 3. The number of hydrogen-bond acceptors (Lipinski definition) is 4. The molecule has 7 nitrogen and oxygen atoms in total. The normalized spacial score (nSPS) is 11.9. The second-order valence-electron chi connectivity index (χ2n) is 1.05. The van der Waals surface area contributed by atoms with Gasteiger partial charge in [0.05, 0.1) is 0 Å². The van der Waals surface area contributed by atoms with Gasteiger partial charge in [-0.25, -0.2) is 4.57 Å². The van der Waals surface area contributed by atoms with Crippen molar-refractivity contribution in [1.82, 2.24) is 13.5 Å². The lowest BCUT2D eigenvalue weighted by atomic mass is 13.9. The third kappa shape index (κ3) is 17.9. The highest BCUT2D eigenvalue weighted by atomic mass is 31.2. The zero-order chi connectivity index (χ0) is 8.74. The molecule has 0 bridgehead atoms. The van der Waals surface area contributed by atoms with Gasteiger partial charge in [-0.3, -0.25) is 0 Å². The SMILES string of the molecule is O=P(O)(O)O.n1pnpnp1. The van der Waals surface area contributed by atoms with Crippen molar-refractivity contribution < 1.29 is 19.2 Å². The minimum Gasteiger partial charge on any atom is -0.303 e. The fraction of sp³-hybridized carbons (Fsp3) is 0. The summed E-state index contributed by atoms with van der Waals surface area (Å²) >= 11 is 0. The first-order chi connectivity index (χ1) is 5.00. The Morgan fingerprint density at radius 1 is 0.909 bits per heavy atom. The topological polar surface area (TPSA) is 116 Å². The molecule has 0 saturated heterocycles. The van der Waals surface area contributed by atoms with Gasteiger partial charge in [-0.1, -0.05) is 0 Å². The second kappa shape index (κ2) is 5.99. The summed E-state index contributed by atoms with van der Waals surface area (Å²) in [7, 11) is -2.15. The average Bonchev–Trinajstić information content (AvgIpc) is 1.88. The smallest absolute Gasteiger partial charge is 0.303 e. The van der Waals surface area contributed by atoms with Crippen LogP contribution in [0.3, 0.4) is 0 Å². The minimum atomic E-state index is -4.64. The lowest BCUT2D eigenvalue weighted by Gasteiger charge is -1.82. The Labute approximate surface area is 66.9 Å². The number of phosphoric acid groups is 1. The summed E-state index contributed by atoms with van der Waals surface area (Å²) in [6, 6.07) is 0. The van der Waals surface area contributed by atoms with E-state index in [1.807, 2.05) is 0 Å². The van der Waals surface area contributed by atoms with Crippen LogP contribution in [0.25, 0.3) is 0 Å². The predicted octanol–water partition coefficient (Wildman–Crippen LogP) is 0.683. The molecule has 1 heterocycles. The maximum Gasteiger partial charge on any atom is 0.466 e. The van der Waals surface area contributed by atoms with E-state index < -0.39 is 7.82 Å². The van der Waals surface area contributed by atoms with Gasteiger partial charge in [-0.15, -0.1) is 0 Å². The first-order valence-corrected chi connectivity index (χ1v) is 5.95. The van der Waals surface area contributed by atoms with Crippen molar-refractivity contribution in [2.75, 3.05) is 0 Å². The van der Waals surface area contributed by atoms with Crippen LogP contribution in [-0.4, -0.2) is 28.2 Å².